The molecule has 6 heteroatoms. The lowest BCUT2D eigenvalue weighted by atomic mass is 10.0. The minimum Gasteiger partial charge on any atom is -0.478 e. The largest absolute Gasteiger partial charge is 0.478 e. The maximum absolute atomic E-state index is 12.5. The van der Waals surface area contributed by atoms with Gasteiger partial charge in [-0.2, -0.15) is 0 Å². The molecule has 0 unspecified atom stereocenters. The van der Waals surface area contributed by atoms with Crippen LogP contribution in [0.15, 0.2) is 79.0 Å². The summed E-state index contributed by atoms with van der Waals surface area (Å²) in [5.74, 6) is -0.546. The van der Waals surface area contributed by atoms with Crippen molar-refractivity contribution in [3.8, 4) is 10.4 Å². The van der Waals surface area contributed by atoms with Gasteiger partial charge in [-0.15, -0.1) is 11.3 Å². The molecule has 0 saturated heterocycles. The van der Waals surface area contributed by atoms with Gasteiger partial charge in [0, 0.05) is 50.9 Å². The summed E-state index contributed by atoms with van der Waals surface area (Å²) in [4.78, 5) is 25.3. The number of thiophene rings is 1. The molecule has 0 spiro atoms. The summed E-state index contributed by atoms with van der Waals surface area (Å²) in [6.07, 6.45) is 3.82. The normalized spacial score (nSPS) is 11.4. The Hall–Kier alpha value is -3.90. The van der Waals surface area contributed by atoms with E-state index in [0.717, 1.165) is 35.9 Å². The molecule has 5 aromatic rings. The third-order valence-electron chi connectivity index (χ3n) is 6.77. The van der Waals surface area contributed by atoms with Crippen LogP contribution in [0.5, 0.6) is 0 Å². The second-order valence-corrected chi connectivity index (χ2v) is 10.7. The number of nitrogens with one attached hydrogen (secondary N) is 1. The fourth-order valence-electron chi connectivity index (χ4n) is 4.65. The molecular weight excluding hydrogens is 480 g/mol. The first-order valence-electron chi connectivity index (χ1n) is 12.6. The minimum atomic E-state index is -0.929. The Morgan fingerprint density at radius 1 is 0.946 bits per heavy atom. The van der Waals surface area contributed by atoms with Gasteiger partial charge in [-0.1, -0.05) is 50.2 Å². The Morgan fingerprint density at radius 3 is 2.43 bits per heavy atom. The van der Waals surface area contributed by atoms with Crippen molar-refractivity contribution in [3.05, 3.63) is 95.7 Å². The molecule has 0 fully saturated rings. The van der Waals surface area contributed by atoms with Gasteiger partial charge >= 0.3 is 5.97 Å². The lowest BCUT2D eigenvalue weighted by Gasteiger charge is -2.09. The SMILES string of the molecule is CC(C)c1ccc(C(=O)NCCCCn2cc(-c3cc4ccccc4s3)c3ccc(C(=O)O)cc32)cc1. The van der Waals surface area contributed by atoms with Crippen molar-refractivity contribution in [3.63, 3.8) is 0 Å². The smallest absolute Gasteiger partial charge is 0.335 e. The number of carboxylic acids is 1. The number of fused-ring (bicyclic) bond motifs is 2. The van der Waals surface area contributed by atoms with Crippen molar-refractivity contribution in [1.82, 2.24) is 9.88 Å². The van der Waals surface area contributed by atoms with Crippen molar-refractivity contribution in [2.24, 2.45) is 0 Å². The summed E-state index contributed by atoms with van der Waals surface area (Å²) < 4.78 is 3.38. The van der Waals surface area contributed by atoms with Gasteiger partial charge in [-0.05, 0) is 66.1 Å². The van der Waals surface area contributed by atoms with Crippen molar-refractivity contribution in [2.45, 2.75) is 39.2 Å². The molecular formula is C31H30N2O3S. The van der Waals surface area contributed by atoms with Gasteiger partial charge < -0.3 is 15.0 Å². The molecule has 0 atom stereocenters. The van der Waals surface area contributed by atoms with E-state index in [1.807, 2.05) is 42.5 Å². The predicted octanol–water partition coefficient (Wildman–Crippen LogP) is 7.55. The van der Waals surface area contributed by atoms with Gasteiger partial charge in [0.05, 0.1) is 5.56 Å². The predicted molar refractivity (Wildman–Crippen MR) is 152 cm³/mol. The van der Waals surface area contributed by atoms with E-state index < -0.39 is 5.97 Å². The highest BCUT2D eigenvalue weighted by molar-refractivity contribution is 7.22. The summed E-state index contributed by atoms with van der Waals surface area (Å²) in [6.45, 7) is 5.60. The van der Waals surface area contributed by atoms with Gasteiger partial charge in [0.15, 0.2) is 0 Å². The molecule has 2 heterocycles. The number of amides is 1. The van der Waals surface area contributed by atoms with E-state index in [2.05, 4.69) is 48.1 Å². The van der Waals surface area contributed by atoms with Crippen LogP contribution < -0.4 is 5.32 Å². The fourth-order valence-corrected chi connectivity index (χ4v) is 5.74. The number of unbranched alkanes of at least 4 members (excludes halogenated alkanes) is 1. The van der Waals surface area contributed by atoms with Crippen molar-refractivity contribution in [2.75, 3.05) is 6.54 Å². The molecule has 2 N–H and O–H groups in total. The topological polar surface area (TPSA) is 71.3 Å². The summed E-state index contributed by atoms with van der Waals surface area (Å²) in [5.41, 5.74) is 4.21. The van der Waals surface area contributed by atoms with Crippen LogP contribution in [-0.4, -0.2) is 28.1 Å². The number of aromatic carboxylic acids is 1. The molecule has 0 aliphatic carbocycles. The molecule has 5 rings (SSSR count). The number of aromatic nitrogens is 1. The lowest BCUT2D eigenvalue weighted by Crippen LogP contribution is -2.24. The van der Waals surface area contributed by atoms with Crippen LogP contribution in [0.25, 0.3) is 31.4 Å². The van der Waals surface area contributed by atoms with Crippen LogP contribution in [0.4, 0.5) is 0 Å². The van der Waals surface area contributed by atoms with Crippen molar-refractivity contribution >= 4 is 44.2 Å². The summed E-state index contributed by atoms with van der Waals surface area (Å²) >= 11 is 1.75. The summed E-state index contributed by atoms with van der Waals surface area (Å²) in [7, 11) is 0. The monoisotopic (exact) mass is 510 g/mol. The zero-order chi connectivity index (χ0) is 25.9. The van der Waals surface area contributed by atoms with E-state index in [9.17, 15) is 14.7 Å². The Balaban J connectivity index is 1.29. The maximum Gasteiger partial charge on any atom is 0.335 e. The minimum absolute atomic E-state index is 0.0557. The van der Waals surface area contributed by atoms with Gasteiger partial charge in [-0.3, -0.25) is 4.79 Å². The fraction of sp³-hybridized carbons (Fsp3) is 0.226. The third-order valence-corrected chi connectivity index (χ3v) is 7.92. The van der Waals surface area contributed by atoms with Crippen LogP contribution in [0.1, 0.15) is 58.9 Å². The van der Waals surface area contributed by atoms with E-state index in [1.54, 1.807) is 23.5 Å². The standard InChI is InChI=1S/C31H30N2O3S/c1-20(2)21-9-11-22(12-10-21)30(34)32-15-5-6-16-33-19-26(25-14-13-24(31(35)36)17-27(25)33)29-18-23-7-3-4-8-28(23)37-29/h3-4,7-14,17-20H,5-6,15-16H2,1-2H3,(H,32,34)(H,35,36). The van der Waals surface area contributed by atoms with Crippen LogP contribution >= 0.6 is 11.3 Å². The van der Waals surface area contributed by atoms with Gasteiger partial charge in [0.1, 0.15) is 0 Å². The van der Waals surface area contributed by atoms with Gasteiger partial charge in [-0.25, -0.2) is 4.79 Å². The number of hydrogen-bond donors (Lipinski definition) is 2. The molecule has 0 saturated carbocycles. The molecule has 5 nitrogen and oxygen atoms in total. The van der Waals surface area contributed by atoms with E-state index in [-0.39, 0.29) is 11.5 Å². The highest BCUT2D eigenvalue weighted by atomic mass is 32.1. The number of benzene rings is 3. The first kappa shape index (κ1) is 24.8. The van der Waals surface area contributed by atoms with Gasteiger partial charge in [0.2, 0.25) is 0 Å². The molecule has 37 heavy (non-hydrogen) atoms. The summed E-state index contributed by atoms with van der Waals surface area (Å²) in [6, 6.07) is 23.7. The quantitative estimate of drug-likeness (QED) is 0.201. The van der Waals surface area contributed by atoms with E-state index in [0.29, 0.717) is 18.0 Å². The molecule has 0 aliphatic rings. The molecule has 188 valence electrons. The highest BCUT2D eigenvalue weighted by Gasteiger charge is 2.15. The molecule has 1 amide bonds. The number of carbonyl (C=O) groups excluding carboxylic acids is 1. The van der Waals surface area contributed by atoms with Crippen LogP contribution in [0.3, 0.4) is 0 Å². The van der Waals surface area contributed by atoms with Crippen LogP contribution in [-0.2, 0) is 6.54 Å². The van der Waals surface area contributed by atoms with Crippen LogP contribution in [0, 0.1) is 0 Å². The van der Waals surface area contributed by atoms with Crippen molar-refractivity contribution in [1.29, 1.82) is 0 Å². The number of carboxylic acid groups (broad SMARTS) is 1. The first-order valence-corrected chi connectivity index (χ1v) is 13.5. The summed E-state index contributed by atoms with van der Waals surface area (Å²) in [5, 5.41) is 14.8. The second kappa shape index (κ2) is 10.6. The Kier molecular flexibility index (Phi) is 7.10. The zero-order valence-corrected chi connectivity index (χ0v) is 21.8. The van der Waals surface area contributed by atoms with E-state index in [1.165, 1.54) is 20.5 Å². The molecule has 2 aromatic heterocycles. The Labute approximate surface area is 220 Å². The average molecular weight is 511 g/mol. The lowest BCUT2D eigenvalue weighted by molar-refractivity contribution is 0.0696. The van der Waals surface area contributed by atoms with Gasteiger partial charge in [0.25, 0.3) is 5.91 Å². The Morgan fingerprint density at radius 2 is 1.70 bits per heavy atom. The highest BCUT2D eigenvalue weighted by Crippen LogP contribution is 2.38. The first-order chi connectivity index (χ1) is 17.9. The number of hydrogen-bond acceptors (Lipinski definition) is 3. The average Bonchev–Trinajstić information content (AvgIpc) is 3.49. The second-order valence-electron chi connectivity index (χ2n) is 9.66. The molecule has 0 radical (unpaired) electrons. The van der Waals surface area contributed by atoms with Crippen molar-refractivity contribution < 1.29 is 14.7 Å². The van der Waals surface area contributed by atoms with E-state index >= 15 is 0 Å². The number of carbonyl (C=O) groups is 2. The maximum atomic E-state index is 12.5. The van der Waals surface area contributed by atoms with E-state index in [4.69, 9.17) is 0 Å². The number of aryl methyl sites for hydroxylation is 1. The number of nitrogens with zero attached hydrogens (tertiary/aromatic N) is 1. The molecule has 0 bridgehead atoms. The number of rotatable bonds is 9. The third kappa shape index (κ3) is 5.30. The zero-order valence-electron chi connectivity index (χ0n) is 21.0. The Bertz CT molecular complexity index is 1540. The molecule has 0 aliphatic heterocycles. The van der Waals surface area contributed by atoms with Crippen LogP contribution in [0.2, 0.25) is 0 Å². The molecule has 3 aromatic carbocycles.